The number of aromatic nitrogens is 3. The average Bonchev–Trinajstić information content (AvgIpc) is 2.91. The van der Waals surface area contributed by atoms with E-state index in [2.05, 4.69) is 10.3 Å². The summed E-state index contributed by atoms with van der Waals surface area (Å²) in [6.07, 6.45) is 2.01. The minimum atomic E-state index is 0.0355. The van der Waals surface area contributed by atoms with Crippen LogP contribution in [0.3, 0.4) is 0 Å². The van der Waals surface area contributed by atoms with Crippen LogP contribution < -0.4 is 0 Å². The Morgan fingerprint density at radius 2 is 1.90 bits per heavy atom. The lowest BCUT2D eigenvalue weighted by Gasteiger charge is -2.03. The molecule has 0 saturated carbocycles. The average molecular weight is 283 g/mol. The van der Waals surface area contributed by atoms with Crippen LogP contribution in [-0.2, 0) is 6.54 Å². The van der Waals surface area contributed by atoms with Gasteiger partial charge in [-0.25, -0.2) is 4.68 Å². The molecule has 2 aromatic carbocycles. The van der Waals surface area contributed by atoms with Gasteiger partial charge in [-0.1, -0.05) is 29.5 Å². The molecule has 1 aromatic heterocycles. The fourth-order valence-corrected chi connectivity index (χ4v) is 2.45. The maximum absolute atomic E-state index is 12.3. The summed E-state index contributed by atoms with van der Waals surface area (Å²) >= 11 is 1.66. The van der Waals surface area contributed by atoms with Gasteiger partial charge in [0.25, 0.3) is 0 Å². The first-order valence-corrected chi connectivity index (χ1v) is 7.46. The number of nitrogens with zero attached hydrogens (tertiary/aromatic N) is 3. The molecule has 0 unspecified atom stereocenters. The number of carbonyl (C=O) groups excluding carboxylic acids is 1. The van der Waals surface area contributed by atoms with E-state index in [1.54, 1.807) is 16.4 Å². The Morgan fingerprint density at radius 3 is 2.65 bits per heavy atom. The first-order chi connectivity index (χ1) is 9.78. The first kappa shape index (κ1) is 12.9. The van der Waals surface area contributed by atoms with E-state index in [0.717, 1.165) is 15.9 Å². The molecule has 0 atom stereocenters. The standard InChI is InChI=1S/C15H13N3OS/c1-20-12-8-6-11(7-9-12)15(19)10-18-14-5-3-2-4-13(14)16-17-18/h2-9H,10H2,1H3. The summed E-state index contributed by atoms with van der Waals surface area (Å²) in [5.41, 5.74) is 2.38. The van der Waals surface area contributed by atoms with E-state index in [-0.39, 0.29) is 12.3 Å². The fraction of sp³-hybridized carbons (Fsp3) is 0.133. The van der Waals surface area contributed by atoms with E-state index in [0.29, 0.717) is 5.56 Å². The Morgan fingerprint density at radius 1 is 1.15 bits per heavy atom. The Bertz CT molecular complexity index is 749. The molecule has 0 aliphatic heterocycles. The number of hydrogen-bond donors (Lipinski definition) is 0. The number of benzene rings is 2. The molecule has 0 amide bonds. The van der Waals surface area contributed by atoms with Crippen molar-refractivity contribution in [1.82, 2.24) is 15.0 Å². The van der Waals surface area contributed by atoms with Crippen molar-refractivity contribution in [2.45, 2.75) is 11.4 Å². The van der Waals surface area contributed by atoms with Crippen LogP contribution >= 0.6 is 11.8 Å². The van der Waals surface area contributed by atoms with E-state index in [1.165, 1.54) is 0 Å². The highest BCUT2D eigenvalue weighted by molar-refractivity contribution is 7.98. The maximum atomic E-state index is 12.3. The lowest BCUT2D eigenvalue weighted by Crippen LogP contribution is -2.11. The quantitative estimate of drug-likeness (QED) is 0.545. The van der Waals surface area contributed by atoms with Crippen LogP contribution in [0.15, 0.2) is 53.4 Å². The van der Waals surface area contributed by atoms with Crippen LogP contribution in [0.1, 0.15) is 10.4 Å². The highest BCUT2D eigenvalue weighted by Gasteiger charge is 2.10. The van der Waals surface area contributed by atoms with Crippen LogP contribution in [0.2, 0.25) is 0 Å². The maximum Gasteiger partial charge on any atom is 0.184 e. The van der Waals surface area contributed by atoms with E-state index >= 15 is 0 Å². The van der Waals surface area contributed by atoms with Crippen LogP contribution in [0.4, 0.5) is 0 Å². The number of ketones is 1. The van der Waals surface area contributed by atoms with E-state index in [4.69, 9.17) is 0 Å². The lowest BCUT2D eigenvalue weighted by molar-refractivity contribution is 0.0968. The Hall–Kier alpha value is -2.14. The summed E-state index contributed by atoms with van der Waals surface area (Å²) in [5.74, 6) is 0.0355. The zero-order chi connectivity index (χ0) is 13.9. The summed E-state index contributed by atoms with van der Waals surface area (Å²) < 4.78 is 1.64. The summed E-state index contributed by atoms with van der Waals surface area (Å²) in [6, 6.07) is 15.2. The van der Waals surface area contributed by atoms with Crippen LogP contribution in [0.5, 0.6) is 0 Å². The van der Waals surface area contributed by atoms with Crippen molar-refractivity contribution >= 4 is 28.6 Å². The van der Waals surface area contributed by atoms with Crippen molar-refractivity contribution in [1.29, 1.82) is 0 Å². The third kappa shape index (κ3) is 2.44. The summed E-state index contributed by atoms with van der Waals surface area (Å²) in [7, 11) is 0. The normalized spacial score (nSPS) is 10.8. The molecule has 100 valence electrons. The second-order valence-electron chi connectivity index (χ2n) is 4.39. The molecular formula is C15H13N3OS. The summed E-state index contributed by atoms with van der Waals surface area (Å²) in [6.45, 7) is 0.207. The van der Waals surface area contributed by atoms with Crippen LogP contribution in [0, 0.1) is 0 Å². The molecule has 3 rings (SSSR count). The van der Waals surface area contributed by atoms with Crippen molar-refractivity contribution in [2.75, 3.05) is 6.26 Å². The van der Waals surface area contributed by atoms with Gasteiger partial charge in [0, 0.05) is 10.5 Å². The molecule has 3 aromatic rings. The topological polar surface area (TPSA) is 47.8 Å². The number of para-hydroxylation sites is 1. The molecule has 4 nitrogen and oxygen atoms in total. The number of Topliss-reactive ketones (excluding diaryl/α,β-unsaturated/α-hetero) is 1. The number of thioether (sulfide) groups is 1. The molecule has 0 N–H and O–H groups in total. The van der Waals surface area contributed by atoms with E-state index < -0.39 is 0 Å². The largest absolute Gasteiger partial charge is 0.292 e. The number of carbonyl (C=O) groups is 1. The third-order valence-electron chi connectivity index (χ3n) is 3.13. The smallest absolute Gasteiger partial charge is 0.184 e. The second kappa shape index (κ2) is 5.46. The second-order valence-corrected chi connectivity index (χ2v) is 5.27. The Balaban J connectivity index is 1.84. The number of rotatable bonds is 4. The first-order valence-electron chi connectivity index (χ1n) is 6.23. The van der Waals surface area contributed by atoms with Gasteiger partial charge in [0.2, 0.25) is 0 Å². The molecule has 20 heavy (non-hydrogen) atoms. The molecule has 0 spiro atoms. The van der Waals surface area contributed by atoms with Gasteiger partial charge in [0.05, 0.1) is 5.52 Å². The number of fused-ring (bicyclic) bond motifs is 1. The SMILES string of the molecule is CSc1ccc(C(=O)Cn2nnc3ccccc32)cc1. The molecule has 0 bridgehead atoms. The van der Waals surface area contributed by atoms with Gasteiger partial charge in [-0.05, 0) is 30.5 Å². The highest BCUT2D eigenvalue weighted by Crippen LogP contribution is 2.16. The Labute approximate surface area is 120 Å². The Kier molecular flexibility index (Phi) is 3.52. The van der Waals surface area contributed by atoms with Gasteiger partial charge in [0.15, 0.2) is 5.78 Å². The van der Waals surface area contributed by atoms with Gasteiger partial charge in [-0.2, -0.15) is 0 Å². The fourth-order valence-electron chi connectivity index (χ4n) is 2.04. The van der Waals surface area contributed by atoms with Gasteiger partial charge in [-0.15, -0.1) is 16.9 Å². The molecular weight excluding hydrogens is 270 g/mol. The monoisotopic (exact) mass is 283 g/mol. The van der Waals surface area contributed by atoms with Gasteiger partial charge in [-0.3, -0.25) is 4.79 Å². The molecule has 1 heterocycles. The minimum Gasteiger partial charge on any atom is -0.292 e. The summed E-state index contributed by atoms with van der Waals surface area (Å²) in [5, 5.41) is 8.09. The van der Waals surface area contributed by atoms with Crippen molar-refractivity contribution in [2.24, 2.45) is 0 Å². The predicted molar refractivity (Wildman–Crippen MR) is 80.1 cm³/mol. The van der Waals surface area contributed by atoms with E-state index in [1.807, 2.05) is 54.8 Å². The molecule has 0 radical (unpaired) electrons. The highest BCUT2D eigenvalue weighted by atomic mass is 32.2. The van der Waals surface area contributed by atoms with Gasteiger partial charge in [0.1, 0.15) is 12.1 Å². The molecule has 0 fully saturated rings. The third-order valence-corrected chi connectivity index (χ3v) is 3.87. The molecule has 0 aliphatic rings. The predicted octanol–water partition coefficient (Wildman–Crippen LogP) is 3.04. The zero-order valence-electron chi connectivity index (χ0n) is 11.0. The zero-order valence-corrected chi connectivity index (χ0v) is 11.8. The molecule has 0 saturated heterocycles. The van der Waals surface area contributed by atoms with Gasteiger partial charge >= 0.3 is 0 Å². The van der Waals surface area contributed by atoms with Gasteiger partial charge < -0.3 is 0 Å². The number of hydrogen-bond acceptors (Lipinski definition) is 4. The van der Waals surface area contributed by atoms with E-state index in [9.17, 15) is 4.79 Å². The van der Waals surface area contributed by atoms with Crippen LogP contribution in [0.25, 0.3) is 11.0 Å². The van der Waals surface area contributed by atoms with Crippen molar-refractivity contribution < 1.29 is 4.79 Å². The van der Waals surface area contributed by atoms with Crippen molar-refractivity contribution in [3.63, 3.8) is 0 Å². The minimum absolute atomic E-state index is 0.0355. The molecule has 5 heteroatoms. The summed E-state index contributed by atoms with van der Waals surface area (Å²) in [4.78, 5) is 13.4. The van der Waals surface area contributed by atoms with Crippen LogP contribution in [-0.4, -0.2) is 27.0 Å². The lowest BCUT2D eigenvalue weighted by atomic mass is 10.1. The van der Waals surface area contributed by atoms with Crippen molar-refractivity contribution in [3.8, 4) is 0 Å². The molecule has 0 aliphatic carbocycles. The van der Waals surface area contributed by atoms with Crippen molar-refractivity contribution in [3.05, 3.63) is 54.1 Å².